The number of hydrogen-bond acceptors (Lipinski definition) is 1. The van der Waals surface area contributed by atoms with Gasteiger partial charge >= 0.3 is 0 Å². The molecule has 3 aromatic carbocycles. The first-order valence-electron chi connectivity index (χ1n) is 9.30. The van der Waals surface area contributed by atoms with Crippen molar-refractivity contribution >= 4 is 0 Å². The number of para-hydroxylation sites is 3. The summed E-state index contributed by atoms with van der Waals surface area (Å²) in [6.45, 7) is 0. The van der Waals surface area contributed by atoms with Gasteiger partial charge in [0.05, 0.1) is 13.5 Å². The molecule has 1 aliphatic heterocycles. The minimum Gasteiger partial charge on any atom is -1.00 e. The fourth-order valence-electron chi connectivity index (χ4n) is 4.04. The lowest BCUT2D eigenvalue weighted by molar-refractivity contribution is -0.606. The second kappa shape index (κ2) is 7.64. The van der Waals surface area contributed by atoms with E-state index in [2.05, 4.69) is 82.1 Å². The molecule has 4 aromatic rings. The maximum absolute atomic E-state index is 5.69. The molecule has 0 saturated heterocycles. The number of halogens is 1. The predicted octanol–water partition coefficient (Wildman–Crippen LogP) is 1.53. The van der Waals surface area contributed by atoms with Gasteiger partial charge < -0.3 is 21.7 Å². The Bertz CT molecular complexity index is 1120. The molecule has 0 saturated carbocycles. The van der Waals surface area contributed by atoms with Crippen LogP contribution in [0.15, 0.2) is 85.1 Å². The topological polar surface area (TPSA) is 18.0 Å². The molecule has 0 radical (unpaired) electrons. The van der Waals surface area contributed by atoms with Crippen molar-refractivity contribution in [2.24, 2.45) is 0 Å². The molecule has 0 atom stereocenters. The fourth-order valence-corrected chi connectivity index (χ4v) is 4.04. The summed E-state index contributed by atoms with van der Waals surface area (Å²) >= 11 is 0. The molecular weight excluding hydrogens is 412 g/mol. The van der Waals surface area contributed by atoms with E-state index in [0.717, 1.165) is 24.3 Å². The van der Waals surface area contributed by atoms with Crippen molar-refractivity contribution in [2.75, 3.05) is 7.11 Å². The average molecular weight is 433 g/mol. The van der Waals surface area contributed by atoms with Gasteiger partial charge in [0.1, 0.15) is 11.9 Å². The molecule has 0 aliphatic carbocycles. The zero-order chi connectivity index (χ0) is 18.2. The Morgan fingerprint density at radius 2 is 1.54 bits per heavy atom. The van der Waals surface area contributed by atoms with Gasteiger partial charge in [0.25, 0.3) is 5.82 Å². The molecule has 140 valence electrons. The molecule has 0 N–H and O–H groups in total. The Morgan fingerprint density at radius 1 is 0.821 bits per heavy atom. The van der Waals surface area contributed by atoms with E-state index in [4.69, 9.17) is 4.74 Å². The van der Waals surface area contributed by atoms with Crippen LogP contribution in [0.1, 0.15) is 11.4 Å². The van der Waals surface area contributed by atoms with E-state index in [1.54, 1.807) is 7.11 Å². The maximum Gasteiger partial charge on any atom is 0.267 e. The third-order valence-electron chi connectivity index (χ3n) is 5.29. The summed E-state index contributed by atoms with van der Waals surface area (Å²) in [5.74, 6) is 2.16. The predicted molar refractivity (Wildman–Crippen MR) is 107 cm³/mol. The number of rotatable bonds is 3. The first-order valence-corrected chi connectivity index (χ1v) is 9.30. The zero-order valence-corrected chi connectivity index (χ0v) is 17.3. The maximum atomic E-state index is 5.69. The molecule has 4 heteroatoms. The summed E-state index contributed by atoms with van der Waals surface area (Å²) in [6, 6.07) is 27.5. The number of hydrogen-bond donors (Lipinski definition) is 0. The van der Waals surface area contributed by atoms with Crippen LogP contribution in [0.2, 0.25) is 0 Å². The van der Waals surface area contributed by atoms with Gasteiger partial charge in [0.15, 0.2) is 17.1 Å². The number of aromatic nitrogens is 2. The second-order valence-corrected chi connectivity index (χ2v) is 6.80. The van der Waals surface area contributed by atoms with E-state index in [0.29, 0.717) is 0 Å². The standard InChI is InChI=1S/C24H21N2O.BrH/c1-27-23-14-8-7-13-21(23)26-22(18-9-3-2-4-10-18)17-25-20-12-6-5-11-19(20)15-16-24(25)26;/h2-14,17H,15-16H2,1H3;1H/q+1;/p-1. The quantitative estimate of drug-likeness (QED) is 0.449. The number of ether oxygens (including phenoxy) is 1. The van der Waals surface area contributed by atoms with Crippen molar-refractivity contribution < 1.29 is 26.3 Å². The Labute approximate surface area is 175 Å². The lowest BCUT2D eigenvalue weighted by Crippen LogP contribution is -3.00. The number of methoxy groups -OCH3 is 1. The highest BCUT2D eigenvalue weighted by Gasteiger charge is 2.32. The van der Waals surface area contributed by atoms with Crippen molar-refractivity contribution in [1.29, 1.82) is 0 Å². The molecule has 0 fully saturated rings. The molecule has 0 amide bonds. The van der Waals surface area contributed by atoms with Crippen molar-refractivity contribution in [3.63, 3.8) is 0 Å². The van der Waals surface area contributed by atoms with E-state index in [9.17, 15) is 0 Å². The van der Waals surface area contributed by atoms with Gasteiger partial charge in [-0.25, -0.2) is 0 Å². The van der Waals surface area contributed by atoms with Crippen molar-refractivity contribution in [1.82, 2.24) is 4.57 Å². The number of fused-ring (bicyclic) bond motifs is 3. The summed E-state index contributed by atoms with van der Waals surface area (Å²) in [5, 5.41) is 0. The fraction of sp³-hybridized carbons (Fsp3) is 0.125. The minimum absolute atomic E-state index is 0. The average Bonchev–Trinajstić information content (AvgIpc) is 3.14. The van der Waals surface area contributed by atoms with E-state index in [1.807, 2.05) is 12.1 Å². The van der Waals surface area contributed by atoms with Crippen molar-refractivity contribution in [3.05, 3.63) is 96.4 Å². The number of benzene rings is 3. The number of imidazole rings is 1. The Balaban J connectivity index is 0.00000192. The molecule has 28 heavy (non-hydrogen) atoms. The highest BCUT2D eigenvalue weighted by molar-refractivity contribution is 5.64. The van der Waals surface area contributed by atoms with Crippen molar-refractivity contribution in [3.8, 4) is 28.4 Å². The van der Waals surface area contributed by atoms with Gasteiger partial charge in [-0.05, 0) is 30.2 Å². The number of nitrogens with zero attached hydrogens (tertiary/aromatic N) is 2. The van der Waals surface area contributed by atoms with Crippen LogP contribution in [0.5, 0.6) is 5.75 Å². The van der Waals surface area contributed by atoms with E-state index in [1.165, 1.54) is 28.3 Å². The van der Waals surface area contributed by atoms with Crippen LogP contribution in [0.4, 0.5) is 0 Å². The third kappa shape index (κ3) is 2.94. The summed E-state index contributed by atoms with van der Waals surface area (Å²) in [5.41, 5.74) is 6.11. The van der Waals surface area contributed by atoms with Gasteiger partial charge in [-0.3, -0.25) is 0 Å². The third-order valence-corrected chi connectivity index (χ3v) is 5.29. The summed E-state index contributed by atoms with van der Waals surface area (Å²) in [4.78, 5) is 0. The van der Waals surface area contributed by atoms with Crippen LogP contribution in [0.3, 0.4) is 0 Å². The highest BCUT2D eigenvalue weighted by atomic mass is 79.9. The second-order valence-electron chi connectivity index (χ2n) is 6.80. The molecule has 2 heterocycles. The van der Waals surface area contributed by atoms with E-state index < -0.39 is 0 Å². The van der Waals surface area contributed by atoms with Crippen LogP contribution >= 0.6 is 0 Å². The van der Waals surface area contributed by atoms with E-state index in [-0.39, 0.29) is 17.0 Å². The molecule has 0 bridgehead atoms. The van der Waals surface area contributed by atoms with Gasteiger partial charge in [0, 0.05) is 5.56 Å². The van der Waals surface area contributed by atoms with Crippen LogP contribution in [-0.4, -0.2) is 11.7 Å². The molecule has 5 rings (SSSR count). The summed E-state index contributed by atoms with van der Waals surface area (Å²) < 4.78 is 10.4. The van der Waals surface area contributed by atoms with Gasteiger partial charge in [-0.15, -0.1) is 0 Å². The van der Waals surface area contributed by atoms with Crippen LogP contribution in [0.25, 0.3) is 22.6 Å². The van der Waals surface area contributed by atoms with Crippen LogP contribution in [0, 0.1) is 0 Å². The lowest BCUT2D eigenvalue weighted by atomic mass is 10.0. The molecule has 3 nitrogen and oxygen atoms in total. The van der Waals surface area contributed by atoms with Gasteiger partial charge in [-0.1, -0.05) is 60.7 Å². The first kappa shape index (κ1) is 18.5. The smallest absolute Gasteiger partial charge is 0.267 e. The minimum atomic E-state index is 0. The first-order chi connectivity index (χ1) is 13.4. The molecule has 1 aromatic heterocycles. The number of aryl methyl sites for hydroxylation is 1. The summed E-state index contributed by atoms with van der Waals surface area (Å²) in [7, 11) is 1.74. The van der Waals surface area contributed by atoms with Crippen molar-refractivity contribution in [2.45, 2.75) is 12.8 Å². The molecule has 0 spiro atoms. The van der Waals surface area contributed by atoms with Gasteiger partial charge in [-0.2, -0.15) is 9.13 Å². The molecule has 0 unspecified atom stereocenters. The van der Waals surface area contributed by atoms with Gasteiger partial charge in [0.2, 0.25) is 0 Å². The summed E-state index contributed by atoms with van der Waals surface area (Å²) in [6.07, 6.45) is 4.29. The largest absolute Gasteiger partial charge is 1.00 e. The Morgan fingerprint density at radius 3 is 2.36 bits per heavy atom. The SMILES string of the molecule is COc1ccccc1-n1c(-c2ccccc2)c[n+]2c1CCc1ccccc1-2.[Br-]. The normalized spacial score (nSPS) is 11.9. The Hall–Kier alpha value is -2.85. The zero-order valence-electron chi connectivity index (χ0n) is 15.7. The molecular formula is C24H21BrN2O. The van der Waals surface area contributed by atoms with Crippen LogP contribution in [-0.2, 0) is 12.8 Å². The highest BCUT2D eigenvalue weighted by Crippen LogP contribution is 2.32. The van der Waals surface area contributed by atoms with E-state index >= 15 is 0 Å². The monoisotopic (exact) mass is 432 g/mol. The van der Waals surface area contributed by atoms with Crippen LogP contribution < -0.4 is 26.3 Å². The molecule has 1 aliphatic rings. The lowest BCUT2D eigenvalue weighted by Gasteiger charge is -2.14. The Kier molecular flexibility index (Phi) is 5.05.